The molecule has 0 saturated heterocycles. The molecule has 0 fully saturated rings. The predicted molar refractivity (Wildman–Crippen MR) is 124 cm³/mol. The van der Waals surface area contributed by atoms with E-state index in [-0.39, 0.29) is 6.61 Å². The van der Waals surface area contributed by atoms with E-state index in [2.05, 4.69) is 13.5 Å². The summed E-state index contributed by atoms with van der Waals surface area (Å²) in [6.07, 6.45) is 20.4. The largest absolute Gasteiger partial charge is 0.460 e. The number of unbranched alkanes of at least 4 members (excludes halogenated alkanes) is 13. The van der Waals surface area contributed by atoms with Crippen molar-refractivity contribution in [2.75, 3.05) is 46.2 Å². The summed E-state index contributed by atoms with van der Waals surface area (Å²) in [5, 5.41) is 0. The number of esters is 1. The van der Waals surface area contributed by atoms with E-state index >= 15 is 0 Å². The highest BCUT2D eigenvalue weighted by Crippen LogP contribution is 2.12. The van der Waals surface area contributed by atoms with Crippen LogP contribution in [0, 0.1) is 0 Å². The SMILES string of the molecule is C=CC(=O)OCCOCCOCCOCCCCCCCCCCCCCCCC. The monoisotopic (exact) mass is 428 g/mol. The molecule has 5 heteroatoms. The molecule has 0 rings (SSSR count). The lowest BCUT2D eigenvalue weighted by Gasteiger charge is -2.07. The summed E-state index contributed by atoms with van der Waals surface area (Å²) >= 11 is 0. The molecule has 30 heavy (non-hydrogen) atoms. The second-order valence-electron chi connectivity index (χ2n) is 7.80. The Morgan fingerprint density at radius 3 is 1.37 bits per heavy atom. The number of carbonyl (C=O) groups excluding carboxylic acids is 1. The van der Waals surface area contributed by atoms with Gasteiger partial charge in [0.1, 0.15) is 6.61 Å². The van der Waals surface area contributed by atoms with Gasteiger partial charge in [-0.25, -0.2) is 4.79 Å². The predicted octanol–water partition coefficient (Wildman–Crippen LogP) is 6.25. The molecule has 0 aliphatic carbocycles. The number of hydrogen-bond acceptors (Lipinski definition) is 5. The van der Waals surface area contributed by atoms with Crippen molar-refractivity contribution in [1.82, 2.24) is 0 Å². The van der Waals surface area contributed by atoms with Crippen LogP contribution in [0.2, 0.25) is 0 Å². The normalized spacial score (nSPS) is 11.0. The lowest BCUT2D eigenvalue weighted by molar-refractivity contribution is -0.139. The van der Waals surface area contributed by atoms with Gasteiger partial charge in [-0.2, -0.15) is 0 Å². The van der Waals surface area contributed by atoms with Crippen LogP contribution >= 0.6 is 0 Å². The van der Waals surface area contributed by atoms with Gasteiger partial charge in [-0.05, 0) is 6.42 Å². The first kappa shape index (κ1) is 29.1. The smallest absolute Gasteiger partial charge is 0.330 e. The fourth-order valence-corrected chi connectivity index (χ4v) is 3.20. The maximum absolute atomic E-state index is 10.8. The minimum Gasteiger partial charge on any atom is -0.460 e. The Balaban J connectivity index is 3.02. The molecule has 0 amide bonds. The average molecular weight is 429 g/mol. The average Bonchev–Trinajstić information content (AvgIpc) is 2.76. The highest BCUT2D eigenvalue weighted by Gasteiger charge is 1.96. The van der Waals surface area contributed by atoms with Crippen molar-refractivity contribution in [3.8, 4) is 0 Å². The summed E-state index contributed by atoms with van der Waals surface area (Å²) in [7, 11) is 0. The van der Waals surface area contributed by atoms with E-state index in [9.17, 15) is 4.79 Å². The Morgan fingerprint density at radius 1 is 0.567 bits per heavy atom. The van der Waals surface area contributed by atoms with Crippen LogP contribution < -0.4 is 0 Å². The van der Waals surface area contributed by atoms with Crippen molar-refractivity contribution in [1.29, 1.82) is 0 Å². The Labute approximate surface area is 185 Å². The Hall–Kier alpha value is -0.910. The molecular weight excluding hydrogens is 380 g/mol. The molecule has 0 heterocycles. The quantitative estimate of drug-likeness (QED) is 0.0977. The maximum Gasteiger partial charge on any atom is 0.330 e. The van der Waals surface area contributed by atoms with Crippen molar-refractivity contribution in [3.05, 3.63) is 12.7 Å². The highest BCUT2D eigenvalue weighted by atomic mass is 16.6. The van der Waals surface area contributed by atoms with Gasteiger partial charge >= 0.3 is 5.97 Å². The zero-order chi connectivity index (χ0) is 22.0. The summed E-state index contributed by atoms with van der Waals surface area (Å²) < 4.78 is 21.1. The highest BCUT2D eigenvalue weighted by molar-refractivity contribution is 5.81. The minimum absolute atomic E-state index is 0.243. The van der Waals surface area contributed by atoms with E-state index < -0.39 is 5.97 Å². The summed E-state index contributed by atoms with van der Waals surface area (Å²) in [4.78, 5) is 10.8. The molecule has 0 spiro atoms. The van der Waals surface area contributed by atoms with Gasteiger partial charge in [0, 0.05) is 12.7 Å². The van der Waals surface area contributed by atoms with Crippen LogP contribution in [0.5, 0.6) is 0 Å². The van der Waals surface area contributed by atoms with Gasteiger partial charge in [-0.15, -0.1) is 0 Å². The molecule has 0 atom stereocenters. The van der Waals surface area contributed by atoms with Gasteiger partial charge in [-0.1, -0.05) is 97.0 Å². The number of ether oxygens (including phenoxy) is 4. The molecule has 0 aromatic heterocycles. The first-order valence-electron chi connectivity index (χ1n) is 12.3. The molecule has 0 aromatic carbocycles. The van der Waals surface area contributed by atoms with Gasteiger partial charge in [0.25, 0.3) is 0 Å². The van der Waals surface area contributed by atoms with Crippen molar-refractivity contribution in [2.24, 2.45) is 0 Å². The lowest BCUT2D eigenvalue weighted by Crippen LogP contribution is -2.13. The van der Waals surface area contributed by atoms with Crippen molar-refractivity contribution in [3.63, 3.8) is 0 Å². The molecule has 0 aliphatic heterocycles. The van der Waals surface area contributed by atoms with E-state index in [1.54, 1.807) is 0 Å². The molecule has 0 radical (unpaired) electrons. The minimum atomic E-state index is -0.425. The van der Waals surface area contributed by atoms with Crippen molar-refractivity contribution < 1.29 is 23.7 Å². The molecule has 0 aromatic rings. The molecule has 5 nitrogen and oxygen atoms in total. The Bertz CT molecular complexity index is 359. The third kappa shape index (κ3) is 25.1. The van der Waals surface area contributed by atoms with Crippen LogP contribution in [-0.4, -0.2) is 52.2 Å². The molecule has 0 N–H and O–H groups in total. The standard InChI is InChI=1S/C25H48O5/c1-3-5-6-7-8-9-10-11-12-13-14-15-16-17-18-27-19-20-28-21-22-29-23-24-30-25(26)4-2/h4H,2-3,5-24H2,1H3. The van der Waals surface area contributed by atoms with E-state index in [1.165, 1.54) is 83.5 Å². The zero-order valence-corrected chi connectivity index (χ0v) is 19.7. The summed E-state index contributed by atoms with van der Waals surface area (Å²) in [6, 6.07) is 0. The summed E-state index contributed by atoms with van der Waals surface area (Å²) in [5.74, 6) is -0.425. The fraction of sp³-hybridized carbons (Fsp3) is 0.880. The van der Waals surface area contributed by atoms with E-state index in [0.29, 0.717) is 33.0 Å². The van der Waals surface area contributed by atoms with Gasteiger partial charge in [0.15, 0.2) is 0 Å². The van der Waals surface area contributed by atoms with E-state index in [4.69, 9.17) is 18.9 Å². The van der Waals surface area contributed by atoms with Crippen molar-refractivity contribution >= 4 is 5.97 Å². The van der Waals surface area contributed by atoms with Crippen LogP contribution in [0.3, 0.4) is 0 Å². The number of hydrogen-bond donors (Lipinski definition) is 0. The summed E-state index contributed by atoms with van der Waals surface area (Å²) in [5.41, 5.74) is 0. The molecular formula is C25H48O5. The first-order chi connectivity index (χ1) is 14.8. The number of carbonyl (C=O) groups is 1. The van der Waals surface area contributed by atoms with Crippen molar-refractivity contribution in [2.45, 2.75) is 96.8 Å². The summed E-state index contributed by atoms with van der Waals surface area (Å²) in [6.45, 7) is 9.29. The van der Waals surface area contributed by atoms with Crippen LogP contribution in [0.25, 0.3) is 0 Å². The van der Waals surface area contributed by atoms with Gasteiger partial charge < -0.3 is 18.9 Å². The molecule has 178 valence electrons. The molecule has 0 bridgehead atoms. The lowest BCUT2D eigenvalue weighted by atomic mass is 10.0. The third-order valence-corrected chi connectivity index (χ3v) is 5.02. The van der Waals surface area contributed by atoms with Crippen LogP contribution in [-0.2, 0) is 23.7 Å². The fourth-order valence-electron chi connectivity index (χ4n) is 3.20. The van der Waals surface area contributed by atoms with Crippen LogP contribution in [0.4, 0.5) is 0 Å². The first-order valence-corrected chi connectivity index (χ1v) is 12.3. The van der Waals surface area contributed by atoms with Gasteiger partial charge in [0.2, 0.25) is 0 Å². The second kappa shape index (κ2) is 26.1. The maximum atomic E-state index is 10.8. The second-order valence-corrected chi connectivity index (χ2v) is 7.80. The van der Waals surface area contributed by atoms with E-state index in [1.807, 2.05) is 0 Å². The molecule has 0 saturated carbocycles. The van der Waals surface area contributed by atoms with Gasteiger partial charge in [-0.3, -0.25) is 0 Å². The topological polar surface area (TPSA) is 54.0 Å². The number of rotatable bonds is 25. The zero-order valence-electron chi connectivity index (χ0n) is 19.7. The Kier molecular flexibility index (Phi) is 25.3. The van der Waals surface area contributed by atoms with E-state index in [0.717, 1.165) is 19.1 Å². The van der Waals surface area contributed by atoms with Crippen LogP contribution in [0.1, 0.15) is 96.8 Å². The van der Waals surface area contributed by atoms with Crippen LogP contribution in [0.15, 0.2) is 12.7 Å². The van der Waals surface area contributed by atoms with Gasteiger partial charge in [0.05, 0.1) is 33.0 Å². The Morgan fingerprint density at radius 2 is 0.933 bits per heavy atom. The molecule has 0 aliphatic rings. The molecule has 0 unspecified atom stereocenters. The third-order valence-electron chi connectivity index (χ3n) is 5.02.